The average Bonchev–Trinajstić information content (AvgIpc) is 3.64. The molecule has 0 spiro atoms. The normalized spacial score (nSPS) is 25.8. The van der Waals surface area contributed by atoms with Crippen molar-refractivity contribution in [1.82, 2.24) is 10.2 Å². The Hall–Kier alpha value is -3.19. The number of benzene rings is 2. The first kappa shape index (κ1) is 21.4. The summed E-state index contributed by atoms with van der Waals surface area (Å²) in [6, 6.07) is 17.5. The van der Waals surface area contributed by atoms with E-state index in [9.17, 15) is 4.79 Å². The second kappa shape index (κ2) is 8.24. The number of anilines is 2. The summed E-state index contributed by atoms with van der Waals surface area (Å²) in [5.41, 5.74) is 4.29. The summed E-state index contributed by atoms with van der Waals surface area (Å²) < 4.78 is 16.8. The third-order valence-electron chi connectivity index (χ3n) is 7.80. The summed E-state index contributed by atoms with van der Waals surface area (Å²) in [5.74, 6) is 0.998. The summed E-state index contributed by atoms with van der Waals surface area (Å²) in [6.45, 7) is 0.668. The van der Waals surface area contributed by atoms with Crippen LogP contribution in [0.25, 0.3) is 11.1 Å². The maximum Gasteiger partial charge on any atom is 0.320 e. The Morgan fingerprint density at radius 2 is 1.68 bits per heavy atom. The van der Waals surface area contributed by atoms with Gasteiger partial charge in [0.2, 0.25) is 5.89 Å². The highest BCUT2D eigenvalue weighted by Gasteiger charge is 2.51. The number of methoxy groups -OCH3 is 1. The topological polar surface area (TPSA) is 86.5 Å². The molecule has 2 saturated heterocycles. The third-order valence-corrected chi connectivity index (χ3v) is 7.80. The predicted molar refractivity (Wildman–Crippen MR) is 127 cm³/mol. The Bertz CT molecular complexity index is 1160. The van der Waals surface area contributed by atoms with Crippen molar-refractivity contribution in [3.8, 4) is 11.1 Å². The molecule has 0 amide bonds. The van der Waals surface area contributed by atoms with Gasteiger partial charge in [-0.1, -0.05) is 41.5 Å². The van der Waals surface area contributed by atoms with E-state index in [1.807, 2.05) is 12.1 Å². The highest BCUT2D eigenvalue weighted by atomic mass is 16.5. The van der Waals surface area contributed by atoms with E-state index in [1.165, 1.54) is 18.2 Å². The molecule has 2 bridgehead atoms. The summed E-state index contributed by atoms with van der Waals surface area (Å²) in [6.07, 6.45) is 6.53. The molecule has 176 valence electrons. The maximum atomic E-state index is 11.8. The Kier molecular flexibility index (Phi) is 5.17. The fourth-order valence-corrected chi connectivity index (χ4v) is 5.37. The molecule has 3 aromatic rings. The molecule has 3 heterocycles. The van der Waals surface area contributed by atoms with Gasteiger partial charge in [-0.3, -0.25) is 4.79 Å². The van der Waals surface area contributed by atoms with Crippen molar-refractivity contribution < 1.29 is 18.7 Å². The molecule has 34 heavy (non-hydrogen) atoms. The fourth-order valence-electron chi connectivity index (χ4n) is 5.37. The summed E-state index contributed by atoms with van der Waals surface area (Å²) in [7, 11) is 1.44. The van der Waals surface area contributed by atoms with Gasteiger partial charge in [-0.05, 0) is 67.3 Å². The Labute approximate surface area is 198 Å². The standard InChI is InChI=1S/C27H29N3O4/c1-32-23(31)16-27-14-12-26(13-15-27,17-33-27)21-8-4-18(5-9-21)19-6-10-22(11-7-19)28-25-30-29-24(34-25)20-2-3-20/h4-11,20H,2-3,12-17H2,1H3,(H,28,30). The molecule has 2 aromatic carbocycles. The van der Waals surface area contributed by atoms with Crippen LogP contribution in [0.2, 0.25) is 0 Å². The van der Waals surface area contributed by atoms with Crippen LogP contribution in [0.3, 0.4) is 0 Å². The largest absolute Gasteiger partial charge is 0.469 e. The fraction of sp³-hybridized carbons (Fsp3) is 0.444. The number of hydrogen-bond acceptors (Lipinski definition) is 7. The van der Waals surface area contributed by atoms with Crippen molar-refractivity contribution in [1.29, 1.82) is 0 Å². The molecule has 0 unspecified atom stereocenters. The van der Waals surface area contributed by atoms with Gasteiger partial charge in [-0.2, -0.15) is 0 Å². The highest BCUT2D eigenvalue weighted by molar-refractivity contribution is 5.71. The minimum Gasteiger partial charge on any atom is -0.469 e. The molecule has 1 aromatic heterocycles. The summed E-state index contributed by atoms with van der Waals surface area (Å²) >= 11 is 0. The molecule has 4 fully saturated rings. The zero-order valence-corrected chi connectivity index (χ0v) is 19.4. The van der Waals surface area contributed by atoms with Crippen LogP contribution in [-0.2, 0) is 19.7 Å². The second-order valence-electron chi connectivity index (χ2n) is 10.0. The quantitative estimate of drug-likeness (QED) is 0.467. The van der Waals surface area contributed by atoms with Gasteiger partial charge in [-0.15, -0.1) is 5.10 Å². The van der Waals surface area contributed by atoms with E-state index < -0.39 is 0 Å². The van der Waals surface area contributed by atoms with Crippen molar-refractivity contribution in [2.24, 2.45) is 0 Å². The van der Waals surface area contributed by atoms with Crippen LogP contribution >= 0.6 is 0 Å². The number of esters is 1. The highest BCUT2D eigenvalue weighted by Crippen LogP contribution is 2.51. The molecular weight excluding hydrogens is 430 g/mol. The van der Waals surface area contributed by atoms with Crippen LogP contribution in [0.15, 0.2) is 52.9 Å². The molecule has 4 aliphatic rings. The van der Waals surface area contributed by atoms with Gasteiger partial charge in [0.05, 0.1) is 25.7 Å². The van der Waals surface area contributed by atoms with Crippen LogP contribution < -0.4 is 5.32 Å². The number of carbonyl (C=O) groups excluding carboxylic acids is 1. The minimum absolute atomic E-state index is 0.0492. The van der Waals surface area contributed by atoms with Gasteiger partial charge < -0.3 is 19.2 Å². The van der Waals surface area contributed by atoms with E-state index in [1.54, 1.807) is 0 Å². The lowest BCUT2D eigenvalue weighted by molar-refractivity contribution is -0.176. The van der Waals surface area contributed by atoms with Crippen LogP contribution in [0, 0.1) is 0 Å². The van der Waals surface area contributed by atoms with Gasteiger partial charge in [0, 0.05) is 17.0 Å². The number of carbonyl (C=O) groups is 1. The van der Waals surface area contributed by atoms with Crippen molar-refractivity contribution in [2.75, 3.05) is 19.0 Å². The molecule has 1 N–H and O–H groups in total. The molecule has 2 aliphatic heterocycles. The van der Waals surface area contributed by atoms with Crippen LogP contribution in [0.5, 0.6) is 0 Å². The first-order valence-electron chi connectivity index (χ1n) is 12.1. The van der Waals surface area contributed by atoms with E-state index in [2.05, 4.69) is 51.9 Å². The van der Waals surface area contributed by atoms with Crippen LogP contribution in [-0.4, -0.2) is 35.5 Å². The van der Waals surface area contributed by atoms with Crippen molar-refractivity contribution in [3.63, 3.8) is 0 Å². The van der Waals surface area contributed by atoms with Gasteiger partial charge in [0.1, 0.15) is 0 Å². The predicted octanol–water partition coefficient (Wildman–Crippen LogP) is 5.50. The first-order chi connectivity index (χ1) is 16.6. The third kappa shape index (κ3) is 3.98. The van der Waals surface area contributed by atoms with E-state index in [-0.39, 0.29) is 17.0 Å². The van der Waals surface area contributed by atoms with Crippen LogP contribution in [0.1, 0.15) is 62.3 Å². The molecule has 0 atom stereocenters. The lowest BCUT2D eigenvalue weighted by Gasteiger charge is -2.53. The van der Waals surface area contributed by atoms with Crippen LogP contribution in [0.4, 0.5) is 11.7 Å². The van der Waals surface area contributed by atoms with Gasteiger partial charge in [-0.25, -0.2) is 0 Å². The van der Waals surface area contributed by atoms with Gasteiger partial charge in [0.25, 0.3) is 0 Å². The monoisotopic (exact) mass is 459 g/mol. The SMILES string of the molecule is COC(=O)CC12CCC(c3ccc(-c4ccc(Nc5nnc(C6CC6)o5)cc4)cc3)(CC1)CO2. The minimum atomic E-state index is -0.328. The molecule has 7 rings (SSSR count). The molecule has 7 nitrogen and oxygen atoms in total. The number of nitrogens with one attached hydrogen (secondary N) is 1. The summed E-state index contributed by atoms with van der Waals surface area (Å²) in [5, 5.41) is 11.4. The Morgan fingerprint density at radius 3 is 2.26 bits per heavy atom. The van der Waals surface area contributed by atoms with Crippen molar-refractivity contribution in [3.05, 3.63) is 60.0 Å². The molecular formula is C27H29N3O4. The number of rotatable bonds is 7. The van der Waals surface area contributed by atoms with E-state index in [0.29, 0.717) is 25.0 Å². The van der Waals surface area contributed by atoms with Gasteiger partial charge in [0.15, 0.2) is 0 Å². The number of hydrogen-bond donors (Lipinski definition) is 1. The second-order valence-corrected chi connectivity index (χ2v) is 10.0. The Balaban J connectivity index is 1.11. The van der Waals surface area contributed by atoms with E-state index in [0.717, 1.165) is 55.7 Å². The van der Waals surface area contributed by atoms with E-state index >= 15 is 0 Å². The smallest absolute Gasteiger partial charge is 0.320 e. The van der Waals surface area contributed by atoms with Gasteiger partial charge >= 0.3 is 12.0 Å². The maximum absolute atomic E-state index is 11.8. The number of ether oxygens (including phenoxy) is 2. The zero-order chi connectivity index (χ0) is 23.2. The zero-order valence-electron chi connectivity index (χ0n) is 19.4. The number of nitrogens with zero attached hydrogens (tertiary/aromatic N) is 2. The molecule has 0 radical (unpaired) electrons. The lowest BCUT2D eigenvalue weighted by Crippen LogP contribution is -2.54. The molecule has 2 aliphatic carbocycles. The number of aromatic nitrogens is 2. The summed E-state index contributed by atoms with van der Waals surface area (Å²) in [4.78, 5) is 11.8. The van der Waals surface area contributed by atoms with Crippen molar-refractivity contribution in [2.45, 2.75) is 61.9 Å². The Morgan fingerprint density at radius 1 is 1.00 bits per heavy atom. The average molecular weight is 460 g/mol. The number of fused-ring (bicyclic) bond motifs is 3. The molecule has 7 heteroatoms. The van der Waals surface area contributed by atoms with Crippen molar-refractivity contribution >= 4 is 17.7 Å². The van der Waals surface area contributed by atoms with E-state index in [4.69, 9.17) is 13.9 Å². The first-order valence-corrected chi connectivity index (χ1v) is 12.1. The molecule has 2 saturated carbocycles. The lowest BCUT2D eigenvalue weighted by atomic mass is 9.62.